The van der Waals surface area contributed by atoms with Gasteiger partial charge in [-0.15, -0.1) is 11.3 Å². The lowest BCUT2D eigenvalue weighted by Gasteiger charge is -2.24. The van der Waals surface area contributed by atoms with Gasteiger partial charge in [-0.3, -0.25) is 9.69 Å². The molecule has 17 heavy (non-hydrogen) atoms. The van der Waals surface area contributed by atoms with Crippen LogP contribution < -0.4 is 0 Å². The highest BCUT2D eigenvalue weighted by Crippen LogP contribution is 2.22. The summed E-state index contributed by atoms with van der Waals surface area (Å²) in [5, 5.41) is 0. The Hall–Kier alpha value is -0.230. The molecule has 1 aromatic rings. The lowest BCUT2D eigenvalue weighted by atomic mass is 10.2. The van der Waals surface area contributed by atoms with E-state index in [-0.39, 0.29) is 5.78 Å². The summed E-state index contributed by atoms with van der Waals surface area (Å²) in [7, 11) is 1.68. The second-order valence-electron chi connectivity index (χ2n) is 4.08. The molecule has 5 heteroatoms. The molecule has 0 saturated heterocycles. The zero-order valence-corrected chi connectivity index (χ0v) is 12.8. The fourth-order valence-corrected chi connectivity index (χ4v) is 2.77. The Bertz CT molecular complexity index is 365. The maximum absolute atomic E-state index is 12.0. The van der Waals surface area contributed by atoms with Gasteiger partial charge in [-0.25, -0.2) is 0 Å². The third-order valence-corrected chi connectivity index (χ3v) is 4.17. The van der Waals surface area contributed by atoms with Crippen LogP contribution in [0.5, 0.6) is 0 Å². The summed E-state index contributed by atoms with van der Waals surface area (Å²) in [5.41, 5.74) is 0. The maximum atomic E-state index is 12.0. The van der Waals surface area contributed by atoms with Crippen molar-refractivity contribution in [3.05, 3.63) is 20.8 Å². The summed E-state index contributed by atoms with van der Waals surface area (Å²) in [6.07, 6.45) is 0. The van der Waals surface area contributed by atoms with Crippen molar-refractivity contribution >= 4 is 33.0 Å². The van der Waals surface area contributed by atoms with Gasteiger partial charge in [0.05, 0.1) is 21.8 Å². The third-order valence-electron chi connectivity index (χ3n) is 2.51. The largest absolute Gasteiger partial charge is 0.383 e. The number of ether oxygens (including phenoxy) is 1. The molecule has 0 aliphatic carbocycles. The fraction of sp³-hybridized carbons (Fsp3) is 0.583. The van der Waals surface area contributed by atoms with Gasteiger partial charge in [0, 0.05) is 19.7 Å². The zero-order valence-electron chi connectivity index (χ0n) is 10.4. The van der Waals surface area contributed by atoms with E-state index in [4.69, 9.17) is 4.74 Å². The highest BCUT2D eigenvalue weighted by atomic mass is 79.9. The molecule has 0 aromatic carbocycles. The van der Waals surface area contributed by atoms with Crippen molar-refractivity contribution in [1.82, 2.24) is 4.90 Å². The van der Waals surface area contributed by atoms with E-state index < -0.39 is 0 Å². The first kappa shape index (κ1) is 14.8. The molecule has 0 fully saturated rings. The smallest absolute Gasteiger partial charge is 0.186 e. The average Bonchev–Trinajstić information content (AvgIpc) is 2.70. The van der Waals surface area contributed by atoms with E-state index in [1.807, 2.05) is 12.1 Å². The summed E-state index contributed by atoms with van der Waals surface area (Å²) in [5.74, 6) is 0.172. The van der Waals surface area contributed by atoms with Gasteiger partial charge in [0.15, 0.2) is 5.78 Å². The van der Waals surface area contributed by atoms with E-state index in [1.54, 1.807) is 7.11 Å². The summed E-state index contributed by atoms with van der Waals surface area (Å²) < 4.78 is 6.05. The van der Waals surface area contributed by atoms with E-state index in [1.165, 1.54) is 11.3 Å². The molecule has 0 N–H and O–H groups in total. The van der Waals surface area contributed by atoms with Gasteiger partial charge in [-0.2, -0.15) is 0 Å². The predicted molar refractivity (Wildman–Crippen MR) is 74.9 cm³/mol. The van der Waals surface area contributed by atoms with Gasteiger partial charge < -0.3 is 4.74 Å². The zero-order chi connectivity index (χ0) is 12.8. The molecule has 0 bridgehead atoms. The minimum Gasteiger partial charge on any atom is -0.383 e. The van der Waals surface area contributed by atoms with E-state index >= 15 is 0 Å². The van der Waals surface area contributed by atoms with E-state index in [0.717, 1.165) is 15.2 Å². The average molecular weight is 320 g/mol. The Labute approximate surface area is 115 Å². The molecule has 0 aliphatic rings. The SMILES string of the molecule is COCCN(CC(=O)c1ccc(Br)s1)C(C)C. The Morgan fingerprint density at radius 3 is 2.71 bits per heavy atom. The molecule has 3 nitrogen and oxygen atoms in total. The molecule has 0 unspecified atom stereocenters. The quantitative estimate of drug-likeness (QED) is 0.723. The topological polar surface area (TPSA) is 29.5 Å². The molecule has 0 saturated carbocycles. The van der Waals surface area contributed by atoms with Crippen LogP contribution in [0.2, 0.25) is 0 Å². The number of methoxy groups -OCH3 is 1. The lowest BCUT2D eigenvalue weighted by molar-refractivity contribution is 0.0856. The molecule has 1 heterocycles. The Kier molecular flexibility index (Phi) is 6.33. The molecule has 0 radical (unpaired) electrons. The number of ketones is 1. The van der Waals surface area contributed by atoms with Crippen molar-refractivity contribution in [1.29, 1.82) is 0 Å². The highest BCUT2D eigenvalue weighted by Gasteiger charge is 2.16. The molecular weight excluding hydrogens is 302 g/mol. The van der Waals surface area contributed by atoms with Crippen molar-refractivity contribution in [3.8, 4) is 0 Å². The molecule has 96 valence electrons. The summed E-state index contributed by atoms with van der Waals surface area (Å²) in [6, 6.07) is 4.12. The van der Waals surface area contributed by atoms with Gasteiger partial charge >= 0.3 is 0 Å². The minimum absolute atomic E-state index is 0.172. The van der Waals surface area contributed by atoms with Gasteiger partial charge in [0.1, 0.15) is 0 Å². The second kappa shape index (κ2) is 7.26. The monoisotopic (exact) mass is 319 g/mol. The number of carbonyl (C=O) groups is 1. The van der Waals surface area contributed by atoms with E-state index in [0.29, 0.717) is 19.2 Å². The van der Waals surface area contributed by atoms with E-state index in [2.05, 4.69) is 34.7 Å². The second-order valence-corrected chi connectivity index (χ2v) is 6.55. The normalized spacial score (nSPS) is 11.4. The molecule has 1 rings (SSSR count). The van der Waals surface area contributed by atoms with Crippen LogP contribution in [0.15, 0.2) is 15.9 Å². The van der Waals surface area contributed by atoms with Crippen LogP contribution in [-0.4, -0.2) is 43.5 Å². The van der Waals surface area contributed by atoms with E-state index in [9.17, 15) is 4.79 Å². The van der Waals surface area contributed by atoms with Crippen molar-refractivity contribution in [2.75, 3.05) is 26.8 Å². The number of rotatable bonds is 7. The van der Waals surface area contributed by atoms with Gasteiger partial charge in [0.25, 0.3) is 0 Å². The number of Topliss-reactive ketones (excluding diaryl/α,β-unsaturated/α-hetero) is 1. The first-order valence-corrected chi connectivity index (χ1v) is 7.17. The summed E-state index contributed by atoms with van der Waals surface area (Å²) in [6.45, 7) is 6.07. The summed E-state index contributed by atoms with van der Waals surface area (Å²) >= 11 is 4.85. The fourth-order valence-electron chi connectivity index (χ4n) is 1.45. The van der Waals surface area contributed by atoms with Crippen molar-refractivity contribution in [2.45, 2.75) is 19.9 Å². The van der Waals surface area contributed by atoms with Crippen LogP contribution in [0, 0.1) is 0 Å². The molecule has 0 atom stereocenters. The van der Waals surface area contributed by atoms with Crippen LogP contribution in [0.1, 0.15) is 23.5 Å². The highest BCUT2D eigenvalue weighted by molar-refractivity contribution is 9.11. The number of carbonyl (C=O) groups excluding carboxylic acids is 1. The number of thiophene rings is 1. The van der Waals surface area contributed by atoms with Crippen molar-refractivity contribution < 1.29 is 9.53 Å². The standard InChI is InChI=1S/C12H18BrNO2S/c1-9(2)14(6-7-16-3)8-10(15)11-4-5-12(13)17-11/h4-5,9H,6-8H2,1-3H3. The summed E-state index contributed by atoms with van der Waals surface area (Å²) in [4.78, 5) is 15.0. The van der Waals surface area contributed by atoms with Gasteiger partial charge in [-0.05, 0) is 41.9 Å². The lowest BCUT2D eigenvalue weighted by Crippen LogP contribution is -2.37. The van der Waals surface area contributed by atoms with Crippen LogP contribution in [0.3, 0.4) is 0 Å². The van der Waals surface area contributed by atoms with Gasteiger partial charge in [0.2, 0.25) is 0 Å². The molecule has 1 aromatic heterocycles. The number of halogens is 1. The molecule has 0 spiro atoms. The first-order chi connectivity index (χ1) is 8.04. The van der Waals surface area contributed by atoms with Crippen LogP contribution in [-0.2, 0) is 4.74 Å². The number of nitrogens with zero attached hydrogens (tertiary/aromatic N) is 1. The van der Waals surface area contributed by atoms with Crippen molar-refractivity contribution in [2.24, 2.45) is 0 Å². The Balaban J connectivity index is 2.57. The van der Waals surface area contributed by atoms with Crippen LogP contribution >= 0.6 is 27.3 Å². The third kappa shape index (κ3) is 4.87. The molecule has 0 aliphatic heterocycles. The Morgan fingerprint density at radius 1 is 1.53 bits per heavy atom. The Morgan fingerprint density at radius 2 is 2.24 bits per heavy atom. The minimum atomic E-state index is 0.172. The number of hydrogen-bond acceptors (Lipinski definition) is 4. The first-order valence-electron chi connectivity index (χ1n) is 5.56. The molecular formula is C12H18BrNO2S. The van der Waals surface area contributed by atoms with Crippen LogP contribution in [0.4, 0.5) is 0 Å². The van der Waals surface area contributed by atoms with Gasteiger partial charge in [-0.1, -0.05) is 0 Å². The number of hydrogen-bond donors (Lipinski definition) is 0. The van der Waals surface area contributed by atoms with Crippen LogP contribution in [0.25, 0.3) is 0 Å². The molecule has 0 amide bonds. The predicted octanol–water partition coefficient (Wildman–Crippen LogP) is 3.05. The maximum Gasteiger partial charge on any atom is 0.186 e. The van der Waals surface area contributed by atoms with Crippen molar-refractivity contribution in [3.63, 3.8) is 0 Å².